The van der Waals surface area contributed by atoms with Crippen molar-refractivity contribution in [3.63, 3.8) is 0 Å². The highest BCUT2D eigenvalue weighted by atomic mass is 16.5. The van der Waals surface area contributed by atoms with Gasteiger partial charge in [-0.15, -0.1) is 0 Å². The molecule has 8 nitrogen and oxygen atoms in total. The molecule has 0 saturated heterocycles. The molecule has 0 amide bonds. The monoisotopic (exact) mass is 420 g/mol. The Morgan fingerprint density at radius 2 is 1.43 bits per heavy atom. The number of methoxy groups -OCH3 is 2. The molecule has 8 heteroatoms. The van der Waals surface area contributed by atoms with E-state index in [-0.39, 0.29) is 5.97 Å². The first kappa shape index (κ1) is 24.8. The average Bonchev–Trinajstić information content (AvgIpc) is 2.77. The molecule has 0 aliphatic heterocycles. The van der Waals surface area contributed by atoms with Crippen molar-refractivity contribution in [2.75, 3.05) is 20.8 Å². The van der Waals surface area contributed by atoms with Crippen molar-refractivity contribution >= 4 is 11.9 Å². The van der Waals surface area contributed by atoms with Crippen molar-refractivity contribution in [1.82, 2.24) is 0 Å². The lowest BCUT2D eigenvalue weighted by molar-refractivity contribution is -0.147. The maximum atomic E-state index is 11.1. The fraction of sp³-hybridized carbons (Fsp3) is 0.364. The number of carboxylic acids is 1. The topological polar surface area (TPSA) is 112 Å². The average molecular weight is 420 g/mol. The van der Waals surface area contributed by atoms with Crippen LogP contribution in [0.2, 0.25) is 0 Å². The predicted molar refractivity (Wildman–Crippen MR) is 110 cm³/mol. The van der Waals surface area contributed by atoms with Gasteiger partial charge in [0.05, 0.1) is 20.8 Å². The van der Waals surface area contributed by atoms with Gasteiger partial charge in [-0.1, -0.05) is 26.0 Å². The minimum atomic E-state index is -1.47. The first-order valence-corrected chi connectivity index (χ1v) is 9.41. The zero-order valence-electron chi connectivity index (χ0n) is 17.6. The van der Waals surface area contributed by atoms with Crippen molar-refractivity contribution < 1.29 is 38.7 Å². The highest BCUT2D eigenvalue weighted by Gasteiger charge is 2.15. The van der Waals surface area contributed by atoms with Crippen LogP contribution in [0.15, 0.2) is 42.5 Å². The van der Waals surface area contributed by atoms with Crippen LogP contribution in [-0.4, -0.2) is 43.0 Å². The van der Waals surface area contributed by atoms with E-state index < -0.39 is 12.1 Å². The van der Waals surface area contributed by atoms with Gasteiger partial charge in [-0.05, 0) is 24.1 Å². The number of aliphatic carboxylic acids is 1. The molecule has 2 aromatic rings. The smallest absolute Gasteiger partial charge is 0.337 e. The maximum absolute atomic E-state index is 11.1. The van der Waals surface area contributed by atoms with Crippen molar-refractivity contribution in [3.8, 4) is 23.0 Å². The Morgan fingerprint density at radius 1 is 0.900 bits per heavy atom. The Bertz CT molecular complexity index is 779. The van der Waals surface area contributed by atoms with Crippen LogP contribution in [0, 0.1) is 0 Å². The second-order valence-corrected chi connectivity index (χ2v) is 6.03. The molecule has 164 valence electrons. The Morgan fingerprint density at radius 3 is 1.87 bits per heavy atom. The number of ether oxygens (including phenoxy) is 4. The van der Waals surface area contributed by atoms with Crippen molar-refractivity contribution in [3.05, 3.63) is 48.0 Å². The third-order valence-electron chi connectivity index (χ3n) is 3.75. The molecule has 0 spiro atoms. The van der Waals surface area contributed by atoms with Gasteiger partial charge in [0.2, 0.25) is 0 Å². The fourth-order valence-corrected chi connectivity index (χ4v) is 2.15. The van der Waals surface area contributed by atoms with Crippen LogP contribution in [0.3, 0.4) is 0 Å². The number of esters is 1. The summed E-state index contributed by atoms with van der Waals surface area (Å²) in [7, 11) is 3.08. The Hall–Kier alpha value is -3.26. The van der Waals surface area contributed by atoms with Gasteiger partial charge in [-0.2, -0.15) is 0 Å². The molecule has 0 bridgehead atoms. The third-order valence-corrected chi connectivity index (χ3v) is 3.75. The predicted octanol–water partition coefficient (Wildman–Crippen LogP) is 3.61. The standard InChI is InChI=1S/2C11H14O4/c1-4-11(12)15-10-6-8(13-2)5-9(7-10)14-3;1-2-7-15-9-5-3-8(4-6-9)10(12)11(13)14/h5-7H,4H2,1-3H3;3-6,10,12H,2,7H2,1H3,(H,13,14). The molecular formula is C22H28O8. The minimum absolute atomic E-state index is 0.287. The highest BCUT2D eigenvalue weighted by molar-refractivity contribution is 5.74. The second-order valence-electron chi connectivity index (χ2n) is 6.03. The van der Waals surface area contributed by atoms with Gasteiger partial charge in [0.15, 0.2) is 6.10 Å². The quantitative estimate of drug-likeness (QED) is 0.467. The van der Waals surface area contributed by atoms with Crippen LogP contribution in [0.25, 0.3) is 0 Å². The summed E-state index contributed by atoms with van der Waals surface area (Å²) in [5.41, 5.74) is 0.353. The SMILES string of the molecule is CCC(=O)Oc1cc(OC)cc(OC)c1.CCCOc1ccc(C(O)C(=O)O)cc1. The van der Waals surface area contributed by atoms with Crippen molar-refractivity contribution in [2.24, 2.45) is 0 Å². The number of carbonyl (C=O) groups excluding carboxylic acids is 1. The molecule has 2 N–H and O–H groups in total. The normalized spacial score (nSPS) is 10.8. The molecule has 0 aliphatic carbocycles. The number of aliphatic hydroxyl groups excluding tert-OH is 1. The van der Waals surface area contributed by atoms with E-state index in [1.807, 2.05) is 6.92 Å². The number of carboxylic acid groups (broad SMARTS) is 1. The van der Waals surface area contributed by atoms with E-state index in [0.717, 1.165) is 6.42 Å². The van der Waals surface area contributed by atoms with Crippen LogP contribution in [0.4, 0.5) is 0 Å². The summed E-state index contributed by atoms with van der Waals surface area (Å²) < 4.78 is 20.5. The summed E-state index contributed by atoms with van der Waals surface area (Å²) in [6.45, 7) is 4.36. The lowest BCUT2D eigenvalue weighted by atomic mass is 10.1. The molecule has 0 fully saturated rings. The molecule has 0 radical (unpaired) electrons. The molecule has 0 aromatic heterocycles. The van der Waals surface area contributed by atoms with E-state index in [2.05, 4.69) is 0 Å². The van der Waals surface area contributed by atoms with Crippen LogP contribution < -0.4 is 18.9 Å². The highest BCUT2D eigenvalue weighted by Crippen LogP contribution is 2.27. The maximum Gasteiger partial charge on any atom is 0.337 e. The van der Waals surface area contributed by atoms with Crippen LogP contribution in [0.1, 0.15) is 38.4 Å². The van der Waals surface area contributed by atoms with Gasteiger partial charge >= 0.3 is 11.9 Å². The van der Waals surface area contributed by atoms with Crippen molar-refractivity contribution in [1.29, 1.82) is 0 Å². The molecule has 1 unspecified atom stereocenters. The molecule has 0 aliphatic rings. The lowest BCUT2D eigenvalue weighted by Crippen LogP contribution is -2.10. The molecule has 1 atom stereocenters. The second kappa shape index (κ2) is 13.1. The zero-order valence-corrected chi connectivity index (χ0v) is 17.6. The number of hydrogen-bond acceptors (Lipinski definition) is 7. The molecule has 2 aromatic carbocycles. The Balaban J connectivity index is 0.000000300. The van der Waals surface area contributed by atoms with E-state index in [9.17, 15) is 14.7 Å². The number of aliphatic hydroxyl groups is 1. The van der Waals surface area contributed by atoms with Gasteiger partial charge in [0.1, 0.15) is 23.0 Å². The van der Waals surface area contributed by atoms with Gasteiger partial charge < -0.3 is 29.2 Å². The van der Waals surface area contributed by atoms with Gasteiger partial charge in [-0.3, -0.25) is 4.79 Å². The minimum Gasteiger partial charge on any atom is -0.496 e. The number of carbonyl (C=O) groups is 2. The summed E-state index contributed by atoms with van der Waals surface area (Å²) in [5, 5.41) is 17.8. The lowest BCUT2D eigenvalue weighted by Gasteiger charge is -2.08. The van der Waals surface area contributed by atoms with Gasteiger partial charge in [0.25, 0.3) is 0 Å². The number of hydrogen-bond donors (Lipinski definition) is 2. The van der Waals surface area contributed by atoms with Crippen molar-refractivity contribution in [2.45, 2.75) is 32.8 Å². The molecule has 0 saturated carbocycles. The van der Waals surface area contributed by atoms with Gasteiger partial charge in [0, 0.05) is 24.6 Å². The molecule has 0 heterocycles. The van der Waals surface area contributed by atoms with Gasteiger partial charge in [-0.25, -0.2) is 4.79 Å². The zero-order chi connectivity index (χ0) is 22.5. The fourth-order valence-electron chi connectivity index (χ4n) is 2.15. The molecule has 30 heavy (non-hydrogen) atoms. The van der Waals surface area contributed by atoms with E-state index in [4.69, 9.17) is 24.1 Å². The third kappa shape index (κ3) is 8.40. The Kier molecular flexibility index (Phi) is 10.8. The van der Waals surface area contributed by atoms with E-state index in [1.54, 1.807) is 63.6 Å². The largest absolute Gasteiger partial charge is 0.496 e. The van der Waals surface area contributed by atoms with Crippen LogP contribution in [0.5, 0.6) is 23.0 Å². The Labute approximate surface area is 176 Å². The van der Waals surface area contributed by atoms with Crippen LogP contribution in [-0.2, 0) is 9.59 Å². The van der Waals surface area contributed by atoms with Crippen LogP contribution >= 0.6 is 0 Å². The summed E-state index contributed by atoms with van der Waals surface area (Å²) in [6, 6.07) is 11.4. The van der Waals surface area contributed by atoms with E-state index in [1.165, 1.54) is 0 Å². The summed E-state index contributed by atoms with van der Waals surface area (Å²) in [5.74, 6) is 0.750. The number of rotatable bonds is 9. The molecule has 2 rings (SSSR count). The summed E-state index contributed by atoms with van der Waals surface area (Å²) in [6.07, 6.45) is -0.218. The van der Waals surface area contributed by atoms with E-state index >= 15 is 0 Å². The first-order chi connectivity index (χ1) is 14.3. The number of benzene rings is 2. The van der Waals surface area contributed by atoms with E-state index in [0.29, 0.717) is 41.6 Å². The summed E-state index contributed by atoms with van der Waals surface area (Å²) >= 11 is 0. The first-order valence-electron chi connectivity index (χ1n) is 9.41. The molecular weight excluding hydrogens is 392 g/mol. The summed E-state index contributed by atoms with van der Waals surface area (Å²) in [4.78, 5) is 21.6.